The number of nitrogens with zero attached hydrogens (tertiary/aromatic N) is 2. The molecule has 0 bridgehead atoms. The number of unbranched alkanes of at least 4 members (excludes halogenated alkanes) is 1. The Bertz CT molecular complexity index is 1020. The molecule has 174 valence electrons. The number of rotatable bonds is 14. The second-order valence-electron chi connectivity index (χ2n) is 7.42. The Hall–Kier alpha value is -3.30. The van der Waals surface area contributed by atoms with E-state index in [1.807, 2.05) is 30.3 Å². The monoisotopic (exact) mass is 468 g/mol. The minimum absolute atomic E-state index is 0.149. The van der Waals surface area contributed by atoms with Crippen molar-refractivity contribution in [3.63, 3.8) is 0 Å². The van der Waals surface area contributed by atoms with Gasteiger partial charge < -0.3 is 15.2 Å². The van der Waals surface area contributed by atoms with Crippen LogP contribution in [0.5, 0.6) is 5.75 Å². The number of carbonyl (C=O) groups is 1. The maximum atomic E-state index is 12.9. The van der Waals surface area contributed by atoms with Gasteiger partial charge in [-0.2, -0.15) is 0 Å². The number of aromatic nitrogens is 2. The standard InChI is InChI=1S/C24H28N4O4S/c29-24(30)16-20(15-19-7-6-11-25-18-19)28-33(31)22-9-5-8-21(17-22)32-14-4-3-13-27-23-10-1-2-12-26-23/h1-2,5-12,17-18,20,28H,3-4,13-16H2,(H,26,27)(H,29,30). The third-order valence-electron chi connectivity index (χ3n) is 4.73. The lowest BCUT2D eigenvalue weighted by atomic mass is 10.1. The highest BCUT2D eigenvalue weighted by molar-refractivity contribution is 7.83. The third kappa shape index (κ3) is 8.99. The van der Waals surface area contributed by atoms with Crippen LogP contribution in [0.2, 0.25) is 0 Å². The number of aliphatic carboxylic acids is 1. The zero-order valence-electron chi connectivity index (χ0n) is 18.2. The number of carboxylic acid groups (broad SMARTS) is 1. The Labute approximate surface area is 196 Å². The van der Waals surface area contributed by atoms with Crippen molar-refractivity contribution in [1.82, 2.24) is 14.7 Å². The molecule has 0 aliphatic rings. The second kappa shape index (κ2) is 13.3. The molecular formula is C24H28N4O4S. The van der Waals surface area contributed by atoms with Crippen molar-refractivity contribution in [1.29, 1.82) is 0 Å². The number of nitrogens with one attached hydrogen (secondary N) is 2. The Kier molecular flexibility index (Phi) is 9.81. The lowest BCUT2D eigenvalue weighted by Gasteiger charge is -2.16. The van der Waals surface area contributed by atoms with Gasteiger partial charge in [0.25, 0.3) is 0 Å². The van der Waals surface area contributed by atoms with Crippen LogP contribution in [0.1, 0.15) is 24.8 Å². The number of carboxylic acids is 1. The fourth-order valence-electron chi connectivity index (χ4n) is 3.17. The summed E-state index contributed by atoms with van der Waals surface area (Å²) in [6.45, 7) is 1.34. The molecule has 2 aromatic heterocycles. The maximum absolute atomic E-state index is 12.9. The van der Waals surface area contributed by atoms with Gasteiger partial charge in [0, 0.05) is 31.2 Å². The van der Waals surface area contributed by atoms with Crippen molar-refractivity contribution in [3.8, 4) is 5.75 Å². The molecule has 0 amide bonds. The number of hydrogen-bond acceptors (Lipinski definition) is 6. The van der Waals surface area contributed by atoms with E-state index < -0.39 is 23.0 Å². The van der Waals surface area contributed by atoms with Gasteiger partial charge in [0.05, 0.1) is 17.9 Å². The van der Waals surface area contributed by atoms with Gasteiger partial charge in [0.15, 0.2) is 0 Å². The highest BCUT2D eigenvalue weighted by Crippen LogP contribution is 2.17. The summed E-state index contributed by atoms with van der Waals surface area (Å²) in [5.74, 6) is 0.524. The van der Waals surface area contributed by atoms with E-state index in [0.717, 1.165) is 30.8 Å². The summed E-state index contributed by atoms with van der Waals surface area (Å²) < 4.78 is 21.6. The summed E-state index contributed by atoms with van der Waals surface area (Å²) >= 11 is 0. The van der Waals surface area contributed by atoms with Crippen LogP contribution in [-0.2, 0) is 22.2 Å². The number of ether oxygens (including phenoxy) is 1. The number of anilines is 1. The van der Waals surface area contributed by atoms with E-state index in [2.05, 4.69) is 20.0 Å². The molecule has 3 rings (SSSR count). The van der Waals surface area contributed by atoms with Crippen LogP contribution < -0.4 is 14.8 Å². The first kappa shape index (κ1) is 24.3. The van der Waals surface area contributed by atoms with Crippen LogP contribution in [0.3, 0.4) is 0 Å². The van der Waals surface area contributed by atoms with Crippen LogP contribution in [0.25, 0.3) is 0 Å². The van der Waals surface area contributed by atoms with Crippen molar-refractivity contribution in [2.75, 3.05) is 18.5 Å². The zero-order chi connectivity index (χ0) is 23.3. The summed E-state index contributed by atoms with van der Waals surface area (Å²) in [4.78, 5) is 20.1. The second-order valence-corrected chi connectivity index (χ2v) is 8.66. The highest BCUT2D eigenvalue weighted by atomic mass is 32.2. The van der Waals surface area contributed by atoms with E-state index in [9.17, 15) is 14.1 Å². The molecule has 3 aromatic rings. The van der Waals surface area contributed by atoms with Gasteiger partial charge in [-0.3, -0.25) is 9.78 Å². The lowest BCUT2D eigenvalue weighted by molar-refractivity contribution is -0.137. The summed E-state index contributed by atoms with van der Waals surface area (Å²) in [5, 5.41) is 12.5. The molecular weight excluding hydrogens is 440 g/mol. The highest BCUT2D eigenvalue weighted by Gasteiger charge is 2.18. The first-order valence-corrected chi connectivity index (χ1v) is 11.9. The molecule has 0 spiro atoms. The van der Waals surface area contributed by atoms with Crippen molar-refractivity contribution in [2.24, 2.45) is 0 Å². The van der Waals surface area contributed by atoms with Crippen molar-refractivity contribution in [3.05, 3.63) is 78.8 Å². The van der Waals surface area contributed by atoms with E-state index in [0.29, 0.717) is 23.7 Å². The molecule has 0 saturated carbocycles. The smallest absolute Gasteiger partial charge is 0.304 e. The predicted octanol–water partition coefficient (Wildman–Crippen LogP) is 3.45. The van der Waals surface area contributed by atoms with Gasteiger partial charge in [-0.05, 0) is 61.2 Å². The van der Waals surface area contributed by atoms with Gasteiger partial charge in [-0.15, -0.1) is 0 Å². The molecule has 33 heavy (non-hydrogen) atoms. The van der Waals surface area contributed by atoms with E-state index >= 15 is 0 Å². The Morgan fingerprint density at radius 3 is 2.76 bits per heavy atom. The molecule has 0 fully saturated rings. The minimum atomic E-state index is -1.58. The molecule has 1 aromatic carbocycles. The predicted molar refractivity (Wildman–Crippen MR) is 127 cm³/mol. The molecule has 0 radical (unpaired) electrons. The van der Waals surface area contributed by atoms with Gasteiger partial charge >= 0.3 is 5.97 Å². The number of benzene rings is 1. The summed E-state index contributed by atoms with van der Waals surface area (Å²) in [5.41, 5.74) is 0.878. The molecule has 2 unspecified atom stereocenters. The molecule has 3 N–H and O–H groups in total. The molecule has 0 aliphatic heterocycles. The normalized spacial score (nSPS) is 12.6. The van der Waals surface area contributed by atoms with Crippen LogP contribution in [0, 0.1) is 0 Å². The molecule has 9 heteroatoms. The van der Waals surface area contributed by atoms with Gasteiger partial charge in [0.1, 0.15) is 22.6 Å². The van der Waals surface area contributed by atoms with Crippen molar-refractivity contribution in [2.45, 2.75) is 36.6 Å². The molecule has 2 atom stereocenters. The minimum Gasteiger partial charge on any atom is -0.494 e. The first-order valence-electron chi connectivity index (χ1n) is 10.8. The van der Waals surface area contributed by atoms with E-state index in [1.54, 1.807) is 42.9 Å². The van der Waals surface area contributed by atoms with Gasteiger partial charge in [-0.1, -0.05) is 18.2 Å². The fourth-order valence-corrected chi connectivity index (χ4v) is 4.20. The van der Waals surface area contributed by atoms with Crippen molar-refractivity contribution < 1.29 is 18.8 Å². The van der Waals surface area contributed by atoms with Crippen molar-refractivity contribution >= 4 is 22.8 Å². The number of hydrogen-bond donors (Lipinski definition) is 3. The Morgan fingerprint density at radius 2 is 2.00 bits per heavy atom. The quantitative estimate of drug-likeness (QED) is 0.311. The van der Waals surface area contributed by atoms with Crippen LogP contribution in [0.15, 0.2) is 78.1 Å². The third-order valence-corrected chi connectivity index (χ3v) is 5.96. The number of pyridine rings is 2. The SMILES string of the molecule is O=C(O)CC(Cc1cccnc1)NS(=O)c1cccc(OCCCCNc2ccccn2)c1. The van der Waals surface area contributed by atoms with Gasteiger partial charge in [-0.25, -0.2) is 13.9 Å². The molecule has 0 aliphatic carbocycles. The summed E-state index contributed by atoms with van der Waals surface area (Å²) in [7, 11) is -1.58. The van der Waals surface area contributed by atoms with Crippen LogP contribution >= 0.6 is 0 Å². The topological polar surface area (TPSA) is 113 Å². The van der Waals surface area contributed by atoms with Crippen LogP contribution in [-0.4, -0.2) is 44.4 Å². The maximum Gasteiger partial charge on any atom is 0.304 e. The largest absolute Gasteiger partial charge is 0.494 e. The van der Waals surface area contributed by atoms with Gasteiger partial charge in [0.2, 0.25) is 0 Å². The first-order chi connectivity index (χ1) is 16.1. The average molecular weight is 469 g/mol. The average Bonchev–Trinajstić information content (AvgIpc) is 2.82. The Balaban J connectivity index is 1.46. The van der Waals surface area contributed by atoms with E-state index in [4.69, 9.17) is 4.74 Å². The molecule has 2 heterocycles. The zero-order valence-corrected chi connectivity index (χ0v) is 19.0. The fraction of sp³-hybridized carbons (Fsp3) is 0.292. The molecule has 0 saturated heterocycles. The van der Waals surface area contributed by atoms with Crippen LogP contribution in [0.4, 0.5) is 5.82 Å². The lowest BCUT2D eigenvalue weighted by Crippen LogP contribution is -2.34. The van der Waals surface area contributed by atoms with E-state index in [1.165, 1.54) is 0 Å². The van der Waals surface area contributed by atoms with E-state index in [-0.39, 0.29) is 6.42 Å². The Morgan fingerprint density at radius 1 is 1.09 bits per heavy atom. The summed E-state index contributed by atoms with van der Waals surface area (Å²) in [6.07, 6.45) is 7.13. The summed E-state index contributed by atoms with van der Waals surface area (Å²) in [6, 6.07) is 15.9. The molecule has 8 nitrogen and oxygen atoms in total.